The minimum Gasteiger partial charge on any atom is -0.449 e. The second kappa shape index (κ2) is 11.8. The van der Waals surface area contributed by atoms with E-state index in [-0.39, 0.29) is 34.9 Å². The highest BCUT2D eigenvalue weighted by molar-refractivity contribution is 7.98. The van der Waals surface area contributed by atoms with Crippen molar-refractivity contribution in [2.75, 3.05) is 6.61 Å². The van der Waals surface area contributed by atoms with Crippen molar-refractivity contribution in [3.8, 4) is 5.69 Å². The number of nitrogens with zero attached hydrogens (tertiary/aromatic N) is 2. The molecule has 42 heavy (non-hydrogen) atoms. The van der Waals surface area contributed by atoms with Crippen LogP contribution in [0.1, 0.15) is 79.1 Å². The van der Waals surface area contributed by atoms with Crippen LogP contribution < -0.4 is 4.72 Å². The topological polar surface area (TPSA) is 96.6 Å². The van der Waals surface area contributed by atoms with Crippen LogP contribution in [0.5, 0.6) is 0 Å². The Bertz CT molecular complexity index is 1220. The first-order chi connectivity index (χ1) is 20.2. The molecule has 6 rings (SSSR count). The molecule has 8 heteroatoms. The summed E-state index contributed by atoms with van der Waals surface area (Å²) in [6, 6.07) is 9.75. The van der Waals surface area contributed by atoms with Crippen molar-refractivity contribution < 1.29 is 19.7 Å². The molecule has 0 radical (unpaired) electrons. The number of benzene rings is 1. The Morgan fingerprint density at radius 2 is 1.83 bits per heavy atom. The summed E-state index contributed by atoms with van der Waals surface area (Å²) in [7, 11) is 0. The zero-order valence-electron chi connectivity index (χ0n) is 25.6. The average molecular weight is 596 g/mol. The lowest BCUT2D eigenvalue weighted by Crippen LogP contribution is -2.62. The Balaban J connectivity index is 1.06. The summed E-state index contributed by atoms with van der Waals surface area (Å²) in [4.78, 5) is 13.6. The van der Waals surface area contributed by atoms with Gasteiger partial charge in [-0.25, -0.2) is 9.48 Å². The first kappa shape index (κ1) is 30.0. The van der Waals surface area contributed by atoms with Gasteiger partial charge >= 0.3 is 6.09 Å². The third-order valence-electron chi connectivity index (χ3n) is 12.5. The molecule has 1 aromatic heterocycles. The van der Waals surface area contributed by atoms with Crippen molar-refractivity contribution in [3.63, 3.8) is 0 Å². The minimum atomic E-state index is -0.404. The maximum atomic E-state index is 12.6. The molecule has 7 nitrogen and oxygen atoms in total. The van der Waals surface area contributed by atoms with Crippen LogP contribution in [0.25, 0.3) is 5.69 Å². The fraction of sp³-hybridized carbons (Fsp3) is 0.706. The van der Waals surface area contributed by atoms with Gasteiger partial charge in [-0.1, -0.05) is 34.1 Å². The van der Waals surface area contributed by atoms with Crippen molar-refractivity contribution in [2.24, 2.45) is 52.3 Å². The van der Waals surface area contributed by atoms with Gasteiger partial charge in [0.05, 0.1) is 24.5 Å². The number of rotatable bonds is 7. The number of aliphatic hydroxyl groups is 2. The van der Waals surface area contributed by atoms with Crippen LogP contribution in [0, 0.1) is 52.3 Å². The highest BCUT2D eigenvalue weighted by Gasteiger charge is 2.64. The smallest absolute Gasteiger partial charge is 0.417 e. The molecule has 11 atom stereocenters. The van der Waals surface area contributed by atoms with Crippen molar-refractivity contribution in [1.82, 2.24) is 14.5 Å². The number of ether oxygens (including phenoxy) is 1. The quantitative estimate of drug-likeness (QED) is 0.303. The van der Waals surface area contributed by atoms with E-state index >= 15 is 0 Å². The fourth-order valence-corrected chi connectivity index (χ4v) is 11.0. The summed E-state index contributed by atoms with van der Waals surface area (Å²) >= 11 is 1.26. The molecule has 0 bridgehead atoms. The van der Waals surface area contributed by atoms with E-state index < -0.39 is 6.09 Å². The molecule has 3 N–H and O–H groups in total. The third kappa shape index (κ3) is 5.19. The van der Waals surface area contributed by atoms with Crippen LogP contribution in [-0.2, 0) is 4.74 Å². The summed E-state index contributed by atoms with van der Waals surface area (Å²) in [6.07, 6.45) is 11.2. The lowest BCUT2D eigenvalue weighted by Gasteiger charge is -2.64. The van der Waals surface area contributed by atoms with Crippen LogP contribution in [-0.4, -0.2) is 44.9 Å². The minimum absolute atomic E-state index is 0.155. The van der Waals surface area contributed by atoms with E-state index in [1.54, 1.807) is 10.9 Å². The Labute approximate surface area is 255 Å². The number of hydrogen-bond acceptors (Lipinski definition) is 6. The largest absolute Gasteiger partial charge is 0.449 e. The van der Waals surface area contributed by atoms with Crippen LogP contribution in [0.15, 0.2) is 47.6 Å². The van der Waals surface area contributed by atoms with E-state index in [4.69, 9.17) is 4.74 Å². The molecule has 1 aromatic carbocycles. The maximum Gasteiger partial charge on any atom is 0.417 e. The molecule has 0 aliphatic heterocycles. The van der Waals surface area contributed by atoms with Gasteiger partial charge in [-0.15, -0.1) is 0 Å². The van der Waals surface area contributed by atoms with Gasteiger partial charge in [0.15, 0.2) is 0 Å². The van der Waals surface area contributed by atoms with Gasteiger partial charge in [0.1, 0.15) is 0 Å². The predicted molar refractivity (Wildman–Crippen MR) is 165 cm³/mol. The molecule has 1 amide bonds. The molecule has 0 saturated heterocycles. The summed E-state index contributed by atoms with van der Waals surface area (Å²) in [5.74, 6) is 2.81. The number of aromatic nitrogens is 2. The lowest BCUT2D eigenvalue weighted by molar-refractivity contribution is -0.203. The first-order valence-corrected chi connectivity index (χ1v) is 17.0. The van der Waals surface area contributed by atoms with Crippen molar-refractivity contribution >= 4 is 18.0 Å². The second-order valence-corrected chi connectivity index (χ2v) is 15.2. The van der Waals surface area contributed by atoms with Crippen LogP contribution in [0.3, 0.4) is 0 Å². The zero-order chi connectivity index (χ0) is 29.6. The SMILES string of the molecule is CC[C@@H]1C2C[C@H](O)CC[C@]2(C)C2CC[C@]3(C)C([C@H](C)COC(=O)NSc4ccc(-n5cccn5)cc4)CC[C@H]3C2[C@@H]1O. The Morgan fingerprint density at radius 3 is 2.55 bits per heavy atom. The number of nitrogens with one attached hydrogen (secondary N) is 1. The van der Waals surface area contributed by atoms with E-state index in [0.717, 1.165) is 55.5 Å². The maximum absolute atomic E-state index is 12.6. The Kier molecular flexibility index (Phi) is 8.44. The van der Waals surface area contributed by atoms with E-state index in [1.807, 2.05) is 36.5 Å². The number of hydrogen-bond donors (Lipinski definition) is 3. The van der Waals surface area contributed by atoms with Crippen LogP contribution >= 0.6 is 11.9 Å². The normalized spacial score (nSPS) is 40.0. The molecule has 4 aliphatic rings. The van der Waals surface area contributed by atoms with Crippen LogP contribution in [0.2, 0.25) is 0 Å². The molecular formula is C34H49N3O4S. The van der Waals surface area contributed by atoms with E-state index in [1.165, 1.54) is 18.4 Å². The molecular weight excluding hydrogens is 546 g/mol. The van der Waals surface area contributed by atoms with Gasteiger partial charge < -0.3 is 14.9 Å². The van der Waals surface area contributed by atoms with Crippen molar-refractivity contribution in [3.05, 3.63) is 42.7 Å². The standard InChI is InChI=1S/C34H49N3O4S/c1-5-25-29-19-23(38)13-15-34(29,4)28-14-16-33(3)26(11-12-27(33)30(28)31(25)39)21(2)20-41-32(40)36-42-24-9-7-22(8-10-24)37-18-6-17-35-37/h6-10,17-18,21,23,25-31,38-39H,5,11-16,19-20H2,1-4H3,(H,36,40)/t21-,23-,25-,26?,27+,28?,29?,30?,31-,33-,34-/m1/s1. The highest BCUT2D eigenvalue weighted by Crippen LogP contribution is 2.69. The molecule has 4 aliphatic carbocycles. The summed E-state index contributed by atoms with van der Waals surface area (Å²) in [6.45, 7) is 9.84. The van der Waals surface area contributed by atoms with Gasteiger partial charge in [0, 0.05) is 17.3 Å². The van der Waals surface area contributed by atoms with Gasteiger partial charge in [-0.3, -0.25) is 4.72 Å². The van der Waals surface area contributed by atoms with Crippen LogP contribution in [0.4, 0.5) is 4.79 Å². The molecule has 4 saturated carbocycles. The summed E-state index contributed by atoms with van der Waals surface area (Å²) < 4.78 is 10.4. The Hall–Kier alpha value is -2.03. The van der Waals surface area contributed by atoms with E-state index in [2.05, 4.69) is 37.5 Å². The molecule has 4 fully saturated rings. The summed E-state index contributed by atoms with van der Waals surface area (Å²) in [5, 5.41) is 26.7. The number of carbonyl (C=O) groups excluding carboxylic acids is 1. The predicted octanol–water partition coefficient (Wildman–Crippen LogP) is 6.87. The second-order valence-electron chi connectivity index (χ2n) is 14.3. The number of fused-ring (bicyclic) bond motifs is 5. The van der Waals surface area contributed by atoms with Gasteiger partial charge in [0.25, 0.3) is 0 Å². The van der Waals surface area contributed by atoms with Gasteiger partial charge in [-0.2, -0.15) is 5.10 Å². The summed E-state index contributed by atoms with van der Waals surface area (Å²) in [5.41, 5.74) is 1.34. The fourth-order valence-electron chi connectivity index (χ4n) is 10.5. The molecule has 2 aromatic rings. The van der Waals surface area contributed by atoms with E-state index in [0.29, 0.717) is 36.2 Å². The number of amides is 1. The van der Waals surface area contributed by atoms with Gasteiger partial charge in [0.2, 0.25) is 0 Å². The zero-order valence-corrected chi connectivity index (χ0v) is 26.4. The Morgan fingerprint density at radius 1 is 1.10 bits per heavy atom. The molecule has 1 heterocycles. The third-order valence-corrected chi connectivity index (χ3v) is 13.3. The number of carbonyl (C=O) groups is 1. The first-order valence-electron chi connectivity index (χ1n) is 16.2. The van der Waals surface area contributed by atoms with Crippen molar-refractivity contribution in [2.45, 2.75) is 96.2 Å². The molecule has 4 unspecified atom stereocenters. The highest BCUT2D eigenvalue weighted by atomic mass is 32.2. The molecule has 230 valence electrons. The monoisotopic (exact) mass is 595 g/mol. The van der Waals surface area contributed by atoms with Gasteiger partial charge in [-0.05, 0) is 139 Å². The van der Waals surface area contributed by atoms with Crippen molar-refractivity contribution in [1.29, 1.82) is 0 Å². The average Bonchev–Trinajstić information content (AvgIpc) is 3.64. The molecule has 0 spiro atoms. The van der Waals surface area contributed by atoms with E-state index in [9.17, 15) is 15.0 Å². The lowest BCUT2D eigenvalue weighted by atomic mass is 9.41. The number of aliphatic hydroxyl groups excluding tert-OH is 2.